The van der Waals surface area contributed by atoms with Gasteiger partial charge in [-0.25, -0.2) is 4.79 Å². The predicted molar refractivity (Wildman–Crippen MR) is 101 cm³/mol. The fourth-order valence-electron chi connectivity index (χ4n) is 3.08. The smallest absolute Gasteiger partial charge is 0.508 e. The Morgan fingerprint density at radius 1 is 0.750 bits per heavy atom. The maximum atomic E-state index is 11.3. The molecule has 3 rings (SSSR count). The molecule has 144 valence electrons. The van der Waals surface area contributed by atoms with Crippen molar-refractivity contribution >= 4 is 6.16 Å². The van der Waals surface area contributed by atoms with Crippen LogP contribution in [0.25, 0.3) is 0 Å². The summed E-state index contributed by atoms with van der Waals surface area (Å²) in [5, 5.41) is 19.3. The van der Waals surface area contributed by atoms with Crippen LogP contribution in [-0.2, 0) is 31.2 Å². The fraction of sp³-hybridized carbons (Fsp3) is 0.136. The third-order valence-electron chi connectivity index (χ3n) is 4.69. The van der Waals surface area contributed by atoms with E-state index in [9.17, 15) is 15.0 Å². The van der Waals surface area contributed by atoms with Gasteiger partial charge in [-0.05, 0) is 60.0 Å². The summed E-state index contributed by atoms with van der Waals surface area (Å²) in [5.41, 5.74) is 2.34. The third-order valence-corrected chi connectivity index (χ3v) is 4.69. The van der Waals surface area contributed by atoms with Crippen molar-refractivity contribution in [3.63, 3.8) is 0 Å². The van der Waals surface area contributed by atoms with Gasteiger partial charge >= 0.3 is 6.16 Å². The number of methoxy groups -OCH3 is 1. The Morgan fingerprint density at radius 2 is 1.11 bits per heavy atom. The van der Waals surface area contributed by atoms with Crippen LogP contribution in [-0.4, -0.2) is 23.5 Å². The van der Waals surface area contributed by atoms with Gasteiger partial charge < -0.3 is 19.7 Å². The second-order valence-corrected chi connectivity index (χ2v) is 6.30. The number of ether oxygens (including phenoxy) is 2. The summed E-state index contributed by atoms with van der Waals surface area (Å²) in [4.78, 5) is 11.3. The molecule has 0 aliphatic rings. The van der Waals surface area contributed by atoms with E-state index in [0.29, 0.717) is 5.75 Å². The van der Waals surface area contributed by atoms with Gasteiger partial charge in [-0.1, -0.05) is 36.4 Å². The number of phenols is 2. The number of aromatic hydroxyl groups is 2. The van der Waals surface area contributed by atoms with Crippen LogP contribution in [0.15, 0.2) is 72.8 Å². The van der Waals surface area contributed by atoms with E-state index in [1.54, 1.807) is 36.4 Å². The van der Waals surface area contributed by atoms with Crippen molar-refractivity contribution in [3.05, 3.63) is 89.5 Å². The molecule has 0 radical (unpaired) electrons. The molecular formula is C22H20O5W. The minimum Gasteiger partial charge on any atom is -0.508 e. The number of carbonyl (C=O) groups excluding carboxylic acids is 1. The van der Waals surface area contributed by atoms with Gasteiger partial charge in [0.2, 0.25) is 0 Å². The summed E-state index contributed by atoms with van der Waals surface area (Å²) in [7, 11) is 1.25. The molecule has 3 aromatic rings. The monoisotopic (exact) mass is 548 g/mol. The van der Waals surface area contributed by atoms with Gasteiger partial charge in [-0.15, -0.1) is 0 Å². The second kappa shape index (κ2) is 8.94. The maximum absolute atomic E-state index is 11.3. The zero-order valence-corrected chi connectivity index (χ0v) is 18.4. The van der Waals surface area contributed by atoms with Crippen LogP contribution in [0.1, 0.15) is 23.6 Å². The normalized spacial score (nSPS) is 10.6. The van der Waals surface area contributed by atoms with E-state index in [1.165, 1.54) is 7.11 Å². The first kappa shape index (κ1) is 21.5. The Kier molecular flexibility index (Phi) is 6.87. The minimum atomic E-state index is -0.775. The van der Waals surface area contributed by atoms with Gasteiger partial charge in [0.15, 0.2) is 0 Å². The predicted octanol–water partition coefficient (Wildman–Crippen LogP) is 4.59. The average molecular weight is 548 g/mol. The first-order chi connectivity index (χ1) is 12.9. The Morgan fingerprint density at radius 3 is 1.46 bits per heavy atom. The second-order valence-electron chi connectivity index (χ2n) is 6.30. The molecule has 2 N–H and O–H groups in total. The summed E-state index contributed by atoms with van der Waals surface area (Å²) >= 11 is 0. The molecule has 3 aromatic carbocycles. The number of phenolic OH excluding ortho intramolecular Hbond substituents is 2. The average Bonchev–Trinajstić information content (AvgIpc) is 2.69. The topological polar surface area (TPSA) is 76.0 Å². The number of rotatable bonds is 4. The molecular weight excluding hydrogens is 528 g/mol. The van der Waals surface area contributed by atoms with E-state index in [1.807, 2.05) is 36.4 Å². The van der Waals surface area contributed by atoms with Gasteiger partial charge in [0.25, 0.3) is 0 Å². The minimum absolute atomic E-state index is 0. The summed E-state index contributed by atoms with van der Waals surface area (Å²) in [6, 6.07) is 21.2. The largest absolute Gasteiger partial charge is 0.513 e. The van der Waals surface area contributed by atoms with E-state index in [4.69, 9.17) is 4.74 Å². The van der Waals surface area contributed by atoms with E-state index < -0.39 is 11.6 Å². The van der Waals surface area contributed by atoms with Crippen molar-refractivity contribution in [1.82, 2.24) is 0 Å². The first-order valence-corrected chi connectivity index (χ1v) is 8.39. The summed E-state index contributed by atoms with van der Waals surface area (Å²) in [5.74, 6) is 0.756. The third kappa shape index (κ3) is 4.37. The van der Waals surface area contributed by atoms with Crippen molar-refractivity contribution in [2.24, 2.45) is 0 Å². The first-order valence-electron chi connectivity index (χ1n) is 8.39. The fourth-order valence-corrected chi connectivity index (χ4v) is 3.08. The van der Waals surface area contributed by atoms with Gasteiger partial charge in [-0.2, -0.15) is 0 Å². The molecule has 0 fully saturated rings. The van der Waals surface area contributed by atoms with Crippen LogP contribution in [0.3, 0.4) is 0 Å². The molecule has 0 amide bonds. The van der Waals surface area contributed by atoms with Gasteiger partial charge in [0.05, 0.1) is 7.11 Å². The molecule has 0 aromatic heterocycles. The molecule has 6 heteroatoms. The SMILES string of the molecule is COC(=O)Oc1ccc(C(C)(c2ccc(O)cc2)c2ccc(O)cc2)cc1.[W]. The van der Waals surface area contributed by atoms with Crippen LogP contribution < -0.4 is 4.74 Å². The van der Waals surface area contributed by atoms with E-state index >= 15 is 0 Å². The van der Waals surface area contributed by atoms with E-state index in [2.05, 4.69) is 11.7 Å². The molecule has 0 saturated carbocycles. The number of hydrogen-bond donors (Lipinski definition) is 2. The van der Waals surface area contributed by atoms with Gasteiger partial charge in [0.1, 0.15) is 17.2 Å². The van der Waals surface area contributed by atoms with Gasteiger partial charge in [-0.3, -0.25) is 0 Å². The molecule has 0 aliphatic heterocycles. The van der Waals surface area contributed by atoms with Crippen LogP contribution >= 0.6 is 0 Å². The Labute approximate surface area is 177 Å². The summed E-state index contributed by atoms with van der Waals surface area (Å²) in [6.45, 7) is 2.06. The number of hydrogen-bond acceptors (Lipinski definition) is 5. The number of benzene rings is 3. The van der Waals surface area contributed by atoms with Crippen LogP contribution in [0.5, 0.6) is 17.2 Å². The molecule has 0 spiro atoms. The quantitative estimate of drug-likeness (QED) is 0.284. The Balaban J connectivity index is 0.00000280. The maximum Gasteiger partial charge on any atom is 0.513 e. The molecule has 0 aliphatic carbocycles. The Hall–Kier alpha value is -2.78. The molecule has 5 nitrogen and oxygen atoms in total. The molecule has 0 unspecified atom stereocenters. The zero-order valence-electron chi connectivity index (χ0n) is 15.5. The zero-order chi connectivity index (χ0) is 19.4. The molecule has 28 heavy (non-hydrogen) atoms. The van der Waals surface area contributed by atoms with Crippen LogP contribution in [0, 0.1) is 0 Å². The van der Waals surface area contributed by atoms with E-state index in [-0.39, 0.29) is 32.6 Å². The Bertz CT molecular complexity index is 873. The molecule has 0 bridgehead atoms. The van der Waals surface area contributed by atoms with E-state index in [0.717, 1.165) is 16.7 Å². The molecule has 0 atom stereocenters. The summed E-state index contributed by atoms with van der Waals surface area (Å²) < 4.78 is 9.55. The van der Waals surface area contributed by atoms with Crippen molar-refractivity contribution in [2.45, 2.75) is 12.3 Å². The van der Waals surface area contributed by atoms with Crippen LogP contribution in [0.4, 0.5) is 4.79 Å². The number of carbonyl (C=O) groups is 1. The van der Waals surface area contributed by atoms with Crippen molar-refractivity contribution in [2.75, 3.05) is 7.11 Å². The molecule has 0 saturated heterocycles. The van der Waals surface area contributed by atoms with Crippen LogP contribution in [0.2, 0.25) is 0 Å². The van der Waals surface area contributed by atoms with Gasteiger partial charge in [0, 0.05) is 26.5 Å². The molecule has 0 heterocycles. The summed E-state index contributed by atoms with van der Waals surface area (Å²) in [6.07, 6.45) is -0.775. The standard InChI is InChI=1S/C22H20O5.W/c1-22(15-3-9-18(23)10-4-15,16-5-11-19(24)12-6-16)17-7-13-20(14-8-17)27-21(25)26-2;/h3-14,23-24H,1-2H3;. The van der Waals surface area contributed by atoms with Crippen molar-refractivity contribution < 1.29 is 45.5 Å². The van der Waals surface area contributed by atoms with Crippen molar-refractivity contribution in [3.8, 4) is 17.2 Å². The van der Waals surface area contributed by atoms with Crippen molar-refractivity contribution in [1.29, 1.82) is 0 Å².